The van der Waals surface area contributed by atoms with Crippen molar-refractivity contribution in [2.75, 3.05) is 0 Å². The molecule has 2 aromatic rings. The van der Waals surface area contributed by atoms with Gasteiger partial charge < -0.3 is 5.32 Å². The Balaban J connectivity index is 1.65. The van der Waals surface area contributed by atoms with Crippen molar-refractivity contribution in [1.82, 2.24) is 5.32 Å². The Hall–Kier alpha value is -3.14. The minimum Gasteiger partial charge on any atom is -0.350 e. The van der Waals surface area contributed by atoms with Crippen molar-refractivity contribution in [3.63, 3.8) is 0 Å². The van der Waals surface area contributed by atoms with Gasteiger partial charge in [-0.1, -0.05) is 36.4 Å². The molecule has 1 aliphatic carbocycles. The molecule has 0 saturated heterocycles. The molecule has 0 aromatic heterocycles. The molecule has 4 nitrogen and oxygen atoms in total. The molecular weight excluding hydrogens is 357 g/mol. The normalized spacial score (nSPS) is 18.2. The van der Waals surface area contributed by atoms with Crippen LogP contribution in [0.1, 0.15) is 33.8 Å². The second-order valence-electron chi connectivity index (χ2n) is 6.41. The number of hydrogen-bond donors (Lipinski definition) is 1. The van der Waals surface area contributed by atoms with Crippen LogP contribution in [0.2, 0.25) is 0 Å². The zero-order chi connectivity index (χ0) is 19.6. The second-order valence-corrected chi connectivity index (χ2v) is 6.41. The van der Waals surface area contributed by atoms with Gasteiger partial charge in [0.2, 0.25) is 5.91 Å². The number of nitrogens with zero attached hydrogens (tertiary/aromatic N) is 1. The molecule has 1 saturated carbocycles. The molecule has 1 N–H and O–H groups in total. The van der Waals surface area contributed by atoms with E-state index >= 15 is 0 Å². The van der Waals surface area contributed by atoms with Crippen LogP contribution in [0, 0.1) is 23.1 Å². The van der Waals surface area contributed by atoms with Crippen molar-refractivity contribution in [2.24, 2.45) is 5.92 Å². The SMILES string of the molecule is N#CC(C(=O)NCc1cccc(F)c1)C(=O)c1ccc(C2CC2(F)F)cc1. The highest BCUT2D eigenvalue weighted by Gasteiger charge is 2.57. The molecule has 1 amide bonds. The number of rotatable bonds is 6. The van der Waals surface area contributed by atoms with E-state index in [2.05, 4.69) is 5.32 Å². The first-order valence-electron chi connectivity index (χ1n) is 8.25. The van der Waals surface area contributed by atoms with Crippen molar-refractivity contribution in [2.45, 2.75) is 24.8 Å². The predicted molar refractivity (Wildman–Crippen MR) is 90.4 cm³/mol. The molecule has 27 heavy (non-hydrogen) atoms. The number of nitrogens with one attached hydrogen (secondary N) is 1. The number of Topliss-reactive ketones (excluding diaryl/α,β-unsaturated/α-hetero) is 1. The minimum absolute atomic E-state index is 0.0300. The zero-order valence-corrected chi connectivity index (χ0v) is 14.1. The summed E-state index contributed by atoms with van der Waals surface area (Å²) in [5.74, 6) is -7.11. The van der Waals surface area contributed by atoms with Crippen LogP contribution in [-0.2, 0) is 11.3 Å². The predicted octanol–water partition coefficient (Wildman–Crippen LogP) is 3.59. The Morgan fingerprint density at radius 3 is 2.44 bits per heavy atom. The van der Waals surface area contributed by atoms with Gasteiger partial charge in [0.15, 0.2) is 11.7 Å². The molecule has 0 heterocycles. The molecule has 0 radical (unpaired) electrons. The molecule has 0 spiro atoms. The lowest BCUT2D eigenvalue weighted by atomic mass is 9.96. The highest BCUT2D eigenvalue weighted by Crippen LogP contribution is 2.55. The smallest absolute Gasteiger partial charge is 0.255 e. The topological polar surface area (TPSA) is 70.0 Å². The van der Waals surface area contributed by atoms with Gasteiger partial charge in [-0.05, 0) is 23.3 Å². The van der Waals surface area contributed by atoms with Gasteiger partial charge in [-0.15, -0.1) is 0 Å². The number of ketones is 1. The summed E-state index contributed by atoms with van der Waals surface area (Å²) in [6.07, 6.45) is -0.219. The Bertz CT molecular complexity index is 920. The van der Waals surface area contributed by atoms with E-state index in [1.54, 1.807) is 12.1 Å². The van der Waals surface area contributed by atoms with Gasteiger partial charge in [-0.3, -0.25) is 9.59 Å². The number of benzene rings is 2. The van der Waals surface area contributed by atoms with E-state index in [1.807, 2.05) is 0 Å². The highest BCUT2D eigenvalue weighted by molar-refractivity contribution is 6.12. The summed E-state index contributed by atoms with van der Waals surface area (Å²) in [5.41, 5.74) is 0.998. The Morgan fingerprint density at radius 1 is 1.22 bits per heavy atom. The fraction of sp³-hybridized carbons (Fsp3) is 0.250. The average molecular weight is 372 g/mol. The van der Waals surface area contributed by atoms with Gasteiger partial charge in [0.25, 0.3) is 5.92 Å². The molecule has 2 atom stereocenters. The van der Waals surface area contributed by atoms with Crippen molar-refractivity contribution in [1.29, 1.82) is 5.26 Å². The summed E-state index contributed by atoms with van der Waals surface area (Å²) < 4.78 is 39.3. The molecule has 1 aliphatic rings. The maximum Gasteiger partial charge on any atom is 0.255 e. The largest absolute Gasteiger partial charge is 0.350 e. The number of nitriles is 1. The van der Waals surface area contributed by atoms with Crippen LogP contribution in [0.25, 0.3) is 0 Å². The molecule has 2 aromatic carbocycles. The lowest BCUT2D eigenvalue weighted by Crippen LogP contribution is -2.34. The van der Waals surface area contributed by atoms with Gasteiger partial charge in [0, 0.05) is 18.5 Å². The van der Waals surface area contributed by atoms with Gasteiger partial charge in [-0.2, -0.15) is 5.26 Å². The highest BCUT2D eigenvalue weighted by atomic mass is 19.3. The number of alkyl halides is 2. The molecule has 2 unspecified atom stereocenters. The Morgan fingerprint density at radius 2 is 1.89 bits per heavy atom. The summed E-state index contributed by atoms with van der Waals surface area (Å²) in [6.45, 7) is -0.0300. The standard InChI is InChI=1S/C20H15F3N2O2/c21-15-3-1-2-12(8-15)11-25-19(27)16(10-24)18(26)14-6-4-13(5-7-14)17-9-20(17,22)23/h1-8,16-17H,9,11H2,(H,25,27). The first kappa shape index (κ1) is 18.6. The fourth-order valence-corrected chi connectivity index (χ4v) is 2.80. The van der Waals surface area contributed by atoms with Gasteiger partial charge >= 0.3 is 0 Å². The van der Waals surface area contributed by atoms with Crippen LogP contribution < -0.4 is 5.32 Å². The third-order valence-electron chi connectivity index (χ3n) is 4.43. The van der Waals surface area contributed by atoms with Gasteiger partial charge in [-0.25, -0.2) is 13.2 Å². The molecule has 0 aliphatic heterocycles. The third kappa shape index (κ3) is 4.17. The quantitative estimate of drug-likeness (QED) is 0.622. The van der Waals surface area contributed by atoms with E-state index in [1.165, 1.54) is 42.5 Å². The van der Waals surface area contributed by atoms with Crippen molar-refractivity contribution in [3.05, 3.63) is 71.0 Å². The molecule has 3 rings (SSSR count). The van der Waals surface area contributed by atoms with E-state index in [9.17, 15) is 28.0 Å². The summed E-state index contributed by atoms with van der Waals surface area (Å²) in [4.78, 5) is 24.6. The maximum atomic E-state index is 13.1. The molecule has 7 heteroatoms. The van der Waals surface area contributed by atoms with E-state index < -0.39 is 35.3 Å². The number of carbonyl (C=O) groups is 2. The van der Waals surface area contributed by atoms with Gasteiger partial charge in [0.05, 0.1) is 12.0 Å². The first-order chi connectivity index (χ1) is 12.8. The van der Waals surface area contributed by atoms with Crippen molar-refractivity contribution < 1.29 is 22.8 Å². The van der Waals surface area contributed by atoms with Crippen LogP contribution in [0.4, 0.5) is 13.2 Å². The maximum absolute atomic E-state index is 13.1. The summed E-state index contributed by atoms with van der Waals surface area (Å²) in [7, 11) is 0. The zero-order valence-electron chi connectivity index (χ0n) is 14.1. The van der Waals surface area contributed by atoms with Crippen molar-refractivity contribution in [3.8, 4) is 6.07 Å². The van der Waals surface area contributed by atoms with Gasteiger partial charge in [0.1, 0.15) is 5.82 Å². The summed E-state index contributed by atoms with van der Waals surface area (Å²) in [6, 6.07) is 12.7. The Kier molecular flexibility index (Phi) is 5.00. The number of halogens is 3. The van der Waals surface area contributed by atoms with E-state index in [0.717, 1.165) is 0 Å². The monoisotopic (exact) mass is 372 g/mol. The van der Waals surface area contributed by atoms with E-state index in [-0.39, 0.29) is 18.5 Å². The molecule has 0 bridgehead atoms. The number of amides is 1. The Labute approximate surface area is 153 Å². The lowest BCUT2D eigenvalue weighted by molar-refractivity contribution is -0.122. The third-order valence-corrected chi connectivity index (χ3v) is 4.43. The van der Waals surface area contributed by atoms with Crippen LogP contribution in [0.15, 0.2) is 48.5 Å². The number of hydrogen-bond acceptors (Lipinski definition) is 3. The molecular formula is C20H15F3N2O2. The van der Waals surface area contributed by atoms with E-state index in [4.69, 9.17) is 0 Å². The lowest BCUT2D eigenvalue weighted by Gasteiger charge is -2.10. The van der Waals surface area contributed by atoms with Crippen LogP contribution in [0.5, 0.6) is 0 Å². The number of carbonyl (C=O) groups excluding carboxylic acids is 2. The molecule has 1 fully saturated rings. The first-order valence-corrected chi connectivity index (χ1v) is 8.25. The van der Waals surface area contributed by atoms with Crippen LogP contribution in [-0.4, -0.2) is 17.6 Å². The van der Waals surface area contributed by atoms with Crippen LogP contribution >= 0.6 is 0 Å². The summed E-state index contributed by atoms with van der Waals surface area (Å²) in [5, 5.41) is 11.6. The van der Waals surface area contributed by atoms with Crippen molar-refractivity contribution >= 4 is 11.7 Å². The average Bonchev–Trinajstić information content (AvgIpc) is 3.29. The fourth-order valence-electron chi connectivity index (χ4n) is 2.80. The van der Waals surface area contributed by atoms with E-state index in [0.29, 0.717) is 11.1 Å². The second kappa shape index (κ2) is 7.23. The summed E-state index contributed by atoms with van der Waals surface area (Å²) >= 11 is 0. The minimum atomic E-state index is -2.71. The van der Waals surface area contributed by atoms with Crippen LogP contribution in [0.3, 0.4) is 0 Å². The molecule has 138 valence electrons.